The molecule has 1 fully saturated rings. The molecule has 5 nitrogen and oxygen atoms in total. The normalized spacial score (nSPS) is 17.2. The average Bonchev–Trinajstić information content (AvgIpc) is 2.30. The van der Waals surface area contributed by atoms with E-state index in [1.807, 2.05) is 6.92 Å². The highest BCUT2D eigenvalue weighted by atomic mass is 16.1. The molecule has 1 aliphatic rings. The molecule has 2 heterocycles. The molecule has 0 aromatic carbocycles. The Labute approximate surface area is 101 Å². The van der Waals surface area contributed by atoms with Crippen LogP contribution in [-0.4, -0.2) is 49.0 Å². The number of rotatable bonds is 2. The van der Waals surface area contributed by atoms with Gasteiger partial charge >= 0.3 is 0 Å². The minimum absolute atomic E-state index is 0.389. The van der Waals surface area contributed by atoms with E-state index in [0.717, 1.165) is 37.6 Å². The van der Waals surface area contributed by atoms with Gasteiger partial charge in [0.25, 0.3) is 0 Å². The minimum Gasteiger partial charge on any atom is -0.366 e. The molecule has 92 valence electrons. The van der Waals surface area contributed by atoms with Crippen LogP contribution in [0.15, 0.2) is 12.3 Å². The number of carbonyl (C=O) groups excluding carboxylic acids is 1. The molecule has 2 rings (SSSR count). The monoisotopic (exact) mass is 234 g/mol. The molecule has 0 aliphatic carbocycles. The number of aromatic nitrogens is 1. The summed E-state index contributed by atoms with van der Waals surface area (Å²) in [5.74, 6) is 0.495. The second-order valence-electron chi connectivity index (χ2n) is 4.46. The lowest BCUT2D eigenvalue weighted by Crippen LogP contribution is -2.45. The van der Waals surface area contributed by atoms with Gasteiger partial charge in [-0.2, -0.15) is 0 Å². The summed E-state index contributed by atoms with van der Waals surface area (Å²) in [6.45, 7) is 5.81. The molecule has 1 aromatic rings. The van der Waals surface area contributed by atoms with E-state index in [1.54, 1.807) is 12.3 Å². The lowest BCUT2D eigenvalue weighted by Gasteiger charge is -2.34. The van der Waals surface area contributed by atoms with Gasteiger partial charge in [0.1, 0.15) is 5.82 Å². The number of carbonyl (C=O) groups is 1. The van der Waals surface area contributed by atoms with Gasteiger partial charge in [-0.15, -0.1) is 0 Å². The number of nitrogens with two attached hydrogens (primary N) is 1. The first-order valence-electron chi connectivity index (χ1n) is 5.78. The highest BCUT2D eigenvalue weighted by Crippen LogP contribution is 2.21. The van der Waals surface area contributed by atoms with E-state index in [9.17, 15) is 4.79 Å². The Balaban J connectivity index is 2.27. The predicted octanol–water partition coefficient (Wildman–Crippen LogP) is 0.241. The summed E-state index contributed by atoms with van der Waals surface area (Å²) in [4.78, 5) is 20.1. The third kappa shape index (κ3) is 2.39. The molecule has 1 saturated heterocycles. The van der Waals surface area contributed by atoms with Crippen LogP contribution in [0.2, 0.25) is 0 Å². The summed E-state index contributed by atoms with van der Waals surface area (Å²) in [7, 11) is 2.11. The fourth-order valence-electron chi connectivity index (χ4n) is 2.13. The van der Waals surface area contributed by atoms with Crippen molar-refractivity contribution in [3.05, 3.63) is 23.4 Å². The molecule has 1 amide bonds. The van der Waals surface area contributed by atoms with E-state index in [-0.39, 0.29) is 5.91 Å². The number of hydrogen-bond acceptors (Lipinski definition) is 4. The number of pyridine rings is 1. The van der Waals surface area contributed by atoms with Crippen LogP contribution in [0.25, 0.3) is 0 Å². The lowest BCUT2D eigenvalue weighted by atomic mass is 10.1. The van der Waals surface area contributed by atoms with Crippen LogP contribution in [0.4, 0.5) is 5.82 Å². The minimum atomic E-state index is -0.389. The molecular formula is C12H18N4O. The zero-order valence-electron chi connectivity index (χ0n) is 10.3. The molecule has 0 saturated carbocycles. The van der Waals surface area contributed by atoms with Crippen molar-refractivity contribution in [3.63, 3.8) is 0 Å². The zero-order valence-corrected chi connectivity index (χ0v) is 10.3. The molecule has 0 radical (unpaired) electrons. The maximum atomic E-state index is 11.3. The Morgan fingerprint density at radius 2 is 2.00 bits per heavy atom. The Kier molecular flexibility index (Phi) is 3.28. The SMILES string of the molecule is Cc1c(C(N)=O)ccnc1N1CCN(C)CC1. The highest BCUT2D eigenvalue weighted by molar-refractivity contribution is 5.95. The predicted molar refractivity (Wildman–Crippen MR) is 67.2 cm³/mol. The van der Waals surface area contributed by atoms with Crippen LogP contribution in [0.5, 0.6) is 0 Å². The second kappa shape index (κ2) is 4.71. The first kappa shape index (κ1) is 11.9. The second-order valence-corrected chi connectivity index (χ2v) is 4.46. The Hall–Kier alpha value is -1.62. The van der Waals surface area contributed by atoms with Gasteiger partial charge in [0.2, 0.25) is 5.91 Å². The largest absolute Gasteiger partial charge is 0.366 e. The van der Waals surface area contributed by atoms with Crippen LogP contribution < -0.4 is 10.6 Å². The van der Waals surface area contributed by atoms with Gasteiger partial charge in [-0.3, -0.25) is 4.79 Å². The maximum Gasteiger partial charge on any atom is 0.249 e. The van der Waals surface area contributed by atoms with Gasteiger partial charge in [0.05, 0.1) is 0 Å². The topological polar surface area (TPSA) is 62.5 Å². The third-order valence-electron chi connectivity index (χ3n) is 3.25. The van der Waals surface area contributed by atoms with Crippen molar-refractivity contribution in [1.29, 1.82) is 0 Å². The van der Waals surface area contributed by atoms with Crippen LogP contribution in [0.3, 0.4) is 0 Å². The van der Waals surface area contributed by atoms with Crippen molar-refractivity contribution in [2.45, 2.75) is 6.92 Å². The molecule has 1 aromatic heterocycles. The van der Waals surface area contributed by atoms with Gasteiger partial charge in [-0.25, -0.2) is 4.98 Å². The van der Waals surface area contributed by atoms with Crippen molar-refractivity contribution >= 4 is 11.7 Å². The Morgan fingerprint density at radius 1 is 1.35 bits per heavy atom. The molecule has 0 spiro atoms. The molecular weight excluding hydrogens is 216 g/mol. The van der Waals surface area contributed by atoms with Crippen molar-refractivity contribution in [3.8, 4) is 0 Å². The van der Waals surface area contributed by atoms with Gasteiger partial charge in [-0.05, 0) is 20.0 Å². The van der Waals surface area contributed by atoms with Crippen LogP contribution >= 0.6 is 0 Å². The Bertz CT molecular complexity index is 425. The van der Waals surface area contributed by atoms with Crippen molar-refractivity contribution in [1.82, 2.24) is 9.88 Å². The number of primary amides is 1. The number of nitrogens with zero attached hydrogens (tertiary/aromatic N) is 3. The van der Waals surface area contributed by atoms with Gasteiger partial charge in [-0.1, -0.05) is 0 Å². The lowest BCUT2D eigenvalue weighted by molar-refractivity contribution is 0.0999. The number of likely N-dealkylation sites (N-methyl/N-ethyl adjacent to an activating group) is 1. The molecule has 5 heteroatoms. The summed E-state index contributed by atoms with van der Waals surface area (Å²) in [6, 6.07) is 1.68. The quantitative estimate of drug-likeness (QED) is 0.796. The molecule has 0 atom stereocenters. The Morgan fingerprint density at radius 3 is 2.59 bits per heavy atom. The zero-order chi connectivity index (χ0) is 12.4. The first-order chi connectivity index (χ1) is 8.09. The molecule has 2 N–H and O–H groups in total. The highest BCUT2D eigenvalue weighted by Gasteiger charge is 2.19. The smallest absolute Gasteiger partial charge is 0.249 e. The average molecular weight is 234 g/mol. The third-order valence-corrected chi connectivity index (χ3v) is 3.25. The van der Waals surface area contributed by atoms with Crippen LogP contribution in [0, 0.1) is 6.92 Å². The first-order valence-corrected chi connectivity index (χ1v) is 5.78. The van der Waals surface area contributed by atoms with E-state index >= 15 is 0 Å². The van der Waals surface area contributed by atoms with E-state index in [4.69, 9.17) is 5.73 Å². The molecule has 17 heavy (non-hydrogen) atoms. The van der Waals surface area contributed by atoms with Crippen molar-refractivity contribution < 1.29 is 4.79 Å². The number of hydrogen-bond donors (Lipinski definition) is 1. The van der Waals surface area contributed by atoms with Crippen LogP contribution in [-0.2, 0) is 0 Å². The van der Waals surface area contributed by atoms with E-state index in [0.29, 0.717) is 5.56 Å². The van der Waals surface area contributed by atoms with E-state index in [2.05, 4.69) is 21.8 Å². The summed E-state index contributed by atoms with van der Waals surface area (Å²) in [6.07, 6.45) is 1.65. The van der Waals surface area contributed by atoms with E-state index < -0.39 is 0 Å². The summed E-state index contributed by atoms with van der Waals surface area (Å²) >= 11 is 0. The summed E-state index contributed by atoms with van der Waals surface area (Å²) in [5, 5.41) is 0. The fraction of sp³-hybridized carbons (Fsp3) is 0.500. The number of amides is 1. The standard InChI is InChI=1S/C12H18N4O/c1-9-10(11(13)17)3-4-14-12(9)16-7-5-15(2)6-8-16/h3-4H,5-8H2,1-2H3,(H2,13,17). The fourth-order valence-corrected chi connectivity index (χ4v) is 2.13. The summed E-state index contributed by atoms with van der Waals surface area (Å²) in [5.41, 5.74) is 6.78. The van der Waals surface area contributed by atoms with Gasteiger partial charge in [0.15, 0.2) is 0 Å². The van der Waals surface area contributed by atoms with Gasteiger partial charge in [0, 0.05) is 43.5 Å². The van der Waals surface area contributed by atoms with Gasteiger partial charge < -0.3 is 15.5 Å². The number of anilines is 1. The molecule has 1 aliphatic heterocycles. The number of piperazine rings is 1. The van der Waals surface area contributed by atoms with Crippen molar-refractivity contribution in [2.24, 2.45) is 5.73 Å². The molecule has 0 unspecified atom stereocenters. The summed E-state index contributed by atoms with van der Waals surface area (Å²) < 4.78 is 0. The van der Waals surface area contributed by atoms with E-state index in [1.165, 1.54) is 0 Å². The maximum absolute atomic E-state index is 11.3. The van der Waals surface area contributed by atoms with Crippen molar-refractivity contribution in [2.75, 3.05) is 38.1 Å². The van der Waals surface area contributed by atoms with Crippen LogP contribution in [0.1, 0.15) is 15.9 Å². The molecule has 0 bridgehead atoms.